The summed E-state index contributed by atoms with van der Waals surface area (Å²) in [4.78, 5) is 10.9. The van der Waals surface area contributed by atoms with Crippen molar-refractivity contribution in [3.8, 4) is 11.5 Å². The van der Waals surface area contributed by atoms with E-state index in [1.54, 1.807) is 14.2 Å². The van der Waals surface area contributed by atoms with Crippen LogP contribution in [-0.4, -0.2) is 50.2 Å². The van der Waals surface area contributed by atoms with Crippen molar-refractivity contribution in [3.63, 3.8) is 0 Å². The Labute approximate surface area is 161 Å². The van der Waals surface area contributed by atoms with E-state index in [4.69, 9.17) is 9.47 Å². The fourth-order valence-corrected chi connectivity index (χ4v) is 3.49. The number of benzene rings is 1. The second kappa shape index (κ2) is 8.75. The lowest BCUT2D eigenvalue weighted by atomic mass is 9.99. The van der Waals surface area contributed by atoms with Gasteiger partial charge in [0, 0.05) is 39.1 Å². The summed E-state index contributed by atoms with van der Waals surface area (Å²) in [6.07, 6.45) is 5.66. The molecule has 2 heterocycles. The molecule has 1 aromatic heterocycles. The number of rotatable bonds is 5. The monoisotopic (exact) mass is 368 g/mol. The van der Waals surface area contributed by atoms with E-state index in [9.17, 15) is 0 Å². The van der Waals surface area contributed by atoms with E-state index in [0.717, 1.165) is 49.9 Å². The number of aryl methyl sites for hydroxylation is 1. The zero-order valence-electron chi connectivity index (χ0n) is 16.6. The Kier molecular flexibility index (Phi) is 6.16. The average molecular weight is 368 g/mol. The number of pyridine rings is 1. The van der Waals surface area contributed by atoms with Crippen molar-refractivity contribution in [2.45, 2.75) is 26.3 Å². The van der Waals surface area contributed by atoms with Crippen molar-refractivity contribution in [2.75, 3.05) is 34.4 Å². The fraction of sp³-hybridized carbons (Fsp3) is 0.429. The van der Waals surface area contributed by atoms with Crippen LogP contribution in [0.5, 0.6) is 11.5 Å². The predicted octanol–water partition coefficient (Wildman–Crippen LogP) is 2.58. The molecule has 6 nitrogen and oxygen atoms in total. The molecular formula is C21H28N4O2. The van der Waals surface area contributed by atoms with Crippen molar-refractivity contribution < 1.29 is 9.47 Å². The highest BCUT2D eigenvalue weighted by Gasteiger charge is 2.21. The summed E-state index contributed by atoms with van der Waals surface area (Å²) in [6.45, 7) is 4.67. The van der Waals surface area contributed by atoms with Gasteiger partial charge in [0.1, 0.15) is 0 Å². The number of aromatic nitrogens is 1. The Bertz CT molecular complexity index is 820. The smallest absolute Gasteiger partial charge is 0.193 e. The van der Waals surface area contributed by atoms with Crippen LogP contribution >= 0.6 is 0 Å². The summed E-state index contributed by atoms with van der Waals surface area (Å²) < 4.78 is 10.9. The number of aliphatic imine (C=N–C) groups is 1. The topological polar surface area (TPSA) is 59.0 Å². The molecule has 144 valence electrons. The van der Waals surface area contributed by atoms with Crippen LogP contribution in [0, 0.1) is 6.92 Å². The number of ether oxygens (including phenoxy) is 2. The first-order valence-electron chi connectivity index (χ1n) is 9.25. The van der Waals surface area contributed by atoms with Crippen LogP contribution < -0.4 is 14.8 Å². The summed E-state index contributed by atoms with van der Waals surface area (Å²) >= 11 is 0. The van der Waals surface area contributed by atoms with Gasteiger partial charge in [-0.15, -0.1) is 0 Å². The third-order valence-corrected chi connectivity index (χ3v) is 5.04. The van der Waals surface area contributed by atoms with Crippen LogP contribution in [0.3, 0.4) is 0 Å². The van der Waals surface area contributed by atoms with E-state index in [2.05, 4.69) is 45.3 Å². The average Bonchev–Trinajstić information content (AvgIpc) is 2.71. The number of hydrogen-bond donors (Lipinski definition) is 1. The third-order valence-electron chi connectivity index (χ3n) is 5.04. The van der Waals surface area contributed by atoms with Gasteiger partial charge in [-0.05, 0) is 60.2 Å². The van der Waals surface area contributed by atoms with Gasteiger partial charge in [0.2, 0.25) is 0 Å². The molecule has 0 spiro atoms. The lowest BCUT2D eigenvalue weighted by Gasteiger charge is -2.32. The largest absolute Gasteiger partial charge is 0.493 e. The third kappa shape index (κ3) is 4.32. The molecular weight excluding hydrogens is 340 g/mol. The Morgan fingerprint density at radius 1 is 1.22 bits per heavy atom. The van der Waals surface area contributed by atoms with E-state index < -0.39 is 0 Å². The molecule has 1 aliphatic rings. The van der Waals surface area contributed by atoms with Gasteiger partial charge in [-0.1, -0.05) is 0 Å². The first-order valence-corrected chi connectivity index (χ1v) is 9.25. The van der Waals surface area contributed by atoms with Gasteiger partial charge in [0.15, 0.2) is 17.5 Å². The number of fused-ring (bicyclic) bond motifs is 1. The number of nitrogens with one attached hydrogen (secondary N) is 1. The maximum atomic E-state index is 5.45. The standard InChI is InChI=1S/C21H28N4O2/c1-15-13-23-8-5-16(15)6-9-24-21(22-2)25-10-7-17-11-19(26-3)20(27-4)12-18(17)14-25/h5,8,11-13H,6-7,9-10,14H2,1-4H3,(H,22,24). The molecule has 1 aliphatic heterocycles. The Hall–Kier alpha value is -2.76. The minimum atomic E-state index is 0.772. The quantitative estimate of drug-likeness (QED) is 0.649. The fourth-order valence-electron chi connectivity index (χ4n) is 3.49. The van der Waals surface area contributed by atoms with Gasteiger partial charge < -0.3 is 19.7 Å². The molecule has 0 aliphatic carbocycles. The summed E-state index contributed by atoms with van der Waals surface area (Å²) in [5.41, 5.74) is 5.11. The van der Waals surface area contributed by atoms with Crippen molar-refractivity contribution in [1.29, 1.82) is 0 Å². The van der Waals surface area contributed by atoms with Crippen LogP contribution in [0.1, 0.15) is 22.3 Å². The minimum absolute atomic E-state index is 0.772. The number of guanidine groups is 1. The van der Waals surface area contributed by atoms with E-state index >= 15 is 0 Å². The molecule has 3 rings (SSSR count). The van der Waals surface area contributed by atoms with Crippen LogP contribution in [-0.2, 0) is 19.4 Å². The Morgan fingerprint density at radius 2 is 1.96 bits per heavy atom. The highest BCUT2D eigenvalue weighted by atomic mass is 16.5. The lowest BCUT2D eigenvalue weighted by molar-refractivity contribution is 0.346. The second-order valence-electron chi connectivity index (χ2n) is 6.67. The maximum absolute atomic E-state index is 5.45. The van der Waals surface area contributed by atoms with Crippen molar-refractivity contribution in [3.05, 3.63) is 52.8 Å². The van der Waals surface area contributed by atoms with Gasteiger partial charge in [-0.3, -0.25) is 9.98 Å². The Morgan fingerprint density at radius 3 is 2.63 bits per heavy atom. The molecule has 0 saturated heterocycles. The van der Waals surface area contributed by atoms with Gasteiger partial charge in [-0.25, -0.2) is 0 Å². The van der Waals surface area contributed by atoms with E-state index in [1.807, 2.05) is 19.4 Å². The molecule has 0 atom stereocenters. The summed E-state index contributed by atoms with van der Waals surface area (Å²) in [7, 11) is 5.19. The molecule has 1 aromatic carbocycles. The van der Waals surface area contributed by atoms with Crippen molar-refractivity contribution >= 4 is 5.96 Å². The van der Waals surface area contributed by atoms with E-state index in [1.165, 1.54) is 22.3 Å². The van der Waals surface area contributed by atoms with Crippen LogP contribution in [0.4, 0.5) is 0 Å². The van der Waals surface area contributed by atoms with Crippen LogP contribution in [0.15, 0.2) is 35.6 Å². The molecule has 1 N–H and O–H groups in total. The zero-order chi connectivity index (χ0) is 19.2. The maximum Gasteiger partial charge on any atom is 0.193 e. The van der Waals surface area contributed by atoms with E-state index in [-0.39, 0.29) is 0 Å². The molecule has 27 heavy (non-hydrogen) atoms. The van der Waals surface area contributed by atoms with Crippen LogP contribution in [0.2, 0.25) is 0 Å². The summed E-state index contributed by atoms with van der Waals surface area (Å²) in [5.74, 6) is 2.50. The molecule has 2 aromatic rings. The summed E-state index contributed by atoms with van der Waals surface area (Å²) in [6, 6.07) is 6.25. The highest BCUT2D eigenvalue weighted by molar-refractivity contribution is 5.80. The molecule has 0 unspecified atom stereocenters. The van der Waals surface area contributed by atoms with Crippen molar-refractivity contribution in [1.82, 2.24) is 15.2 Å². The van der Waals surface area contributed by atoms with Gasteiger partial charge in [-0.2, -0.15) is 0 Å². The molecule has 0 fully saturated rings. The highest BCUT2D eigenvalue weighted by Crippen LogP contribution is 2.33. The van der Waals surface area contributed by atoms with Crippen LogP contribution in [0.25, 0.3) is 0 Å². The number of nitrogens with zero attached hydrogens (tertiary/aromatic N) is 3. The molecule has 0 amide bonds. The zero-order valence-corrected chi connectivity index (χ0v) is 16.6. The molecule has 0 bridgehead atoms. The van der Waals surface area contributed by atoms with Gasteiger partial charge in [0.25, 0.3) is 0 Å². The van der Waals surface area contributed by atoms with Gasteiger partial charge in [0.05, 0.1) is 14.2 Å². The van der Waals surface area contributed by atoms with E-state index in [0.29, 0.717) is 0 Å². The minimum Gasteiger partial charge on any atom is -0.493 e. The second-order valence-corrected chi connectivity index (χ2v) is 6.67. The first kappa shape index (κ1) is 19.0. The number of methoxy groups -OCH3 is 2. The Balaban J connectivity index is 1.65. The summed E-state index contributed by atoms with van der Waals surface area (Å²) in [5, 5.41) is 3.50. The lowest BCUT2D eigenvalue weighted by Crippen LogP contribution is -2.44. The normalized spacial score (nSPS) is 13.9. The predicted molar refractivity (Wildman–Crippen MR) is 108 cm³/mol. The number of hydrogen-bond acceptors (Lipinski definition) is 4. The SMILES string of the molecule is CN=C(NCCc1ccncc1C)N1CCc2cc(OC)c(OC)cc2C1. The molecule has 6 heteroatoms. The van der Waals surface area contributed by atoms with Crippen molar-refractivity contribution in [2.24, 2.45) is 4.99 Å². The van der Waals surface area contributed by atoms with Gasteiger partial charge >= 0.3 is 0 Å². The molecule has 0 radical (unpaired) electrons. The molecule has 0 saturated carbocycles. The first-order chi connectivity index (χ1) is 13.2.